The van der Waals surface area contributed by atoms with Gasteiger partial charge < -0.3 is 43.4 Å². The molecule has 1 unspecified atom stereocenters. The Morgan fingerprint density at radius 2 is 0.710 bits per heavy atom. The lowest BCUT2D eigenvalue weighted by Crippen LogP contribution is -2.19. The summed E-state index contributed by atoms with van der Waals surface area (Å²) < 4.78 is 35.5. The molecule has 0 amide bonds. The fourth-order valence-corrected chi connectivity index (χ4v) is 6.60. The first-order chi connectivity index (χ1) is 32.9. The van der Waals surface area contributed by atoms with E-state index in [2.05, 4.69) is 14.2 Å². The summed E-state index contributed by atoms with van der Waals surface area (Å²) in [5.74, 6) is -0.844. The van der Waals surface area contributed by atoms with E-state index in [0.717, 1.165) is 16.7 Å². The molecule has 69 heavy (non-hydrogen) atoms. The summed E-state index contributed by atoms with van der Waals surface area (Å²) in [7, 11) is 3.67. The highest BCUT2D eigenvalue weighted by molar-refractivity contribution is 6.43. The zero-order valence-corrected chi connectivity index (χ0v) is 41.7. The molecule has 0 heterocycles. The summed E-state index contributed by atoms with van der Waals surface area (Å²) in [6.45, 7) is 2.19. The molecular weight excluding hydrogens is 1020 g/mol. The molecule has 0 spiro atoms. The van der Waals surface area contributed by atoms with E-state index in [-0.39, 0.29) is 0 Å². The fourth-order valence-electron chi connectivity index (χ4n) is 5.64. The molecule has 6 aromatic carbocycles. The summed E-state index contributed by atoms with van der Waals surface area (Å²) in [5.41, 5.74) is 4.00. The molecule has 19 heteroatoms. The van der Waals surface area contributed by atoms with Gasteiger partial charge in [-0.15, -0.1) is 0 Å². The van der Waals surface area contributed by atoms with Gasteiger partial charge in [-0.05, 0) is 101 Å². The van der Waals surface area contributed by atoms with Gasteiger partial charge in [-0.1, -0.05) is 124 Å². The van der Waals surface area contributed by atoms with Gasteiger partial charge in [-0.2, -0.15) is 0 Å². The Labute approximate surface area is 428 Å². The predicted molar refractivity (Wildman–Crippen MR) is 262 cm³/mol. The molecule has 364 valence electrons. The van der Waals surface area contributed by atoms with Crippen molar-refractivity contribution in [3.8, 4) is 17.2 Å². The van der Waals surface area contributed by atoms with E-state index in [1.165, 1.54) is 28.3 Å². The first-order valence-corrected chi connectivity index (χ1v) is 22.5. The summed E-state index contributed by atoms with van der Waals surface area (Å²) in [6, 6.07) is 35.5. The largest absolute Gasteiger partial charge is 0.489 e. The van der Waals surface area contributed by atoms with Gasteiger partial charge in [0, 0.05) is 12.5 Å². The topological polar surface area (TPSA) is 173 Å². The number of esters is 4. The summed E-state index contributed by atoms with van der Waals surface area (Å²) in [4.78, 5) is 45.4. The average molecular weight is 1070 g/mol. The molecule has 0 aliphatic heterocycles. The van der Waals surface area contributed by atoms with E-state index < -0.39 is 42.2 Å². The van der Waals surface area contributed by atoms with Crippen LogP contribution in [0.3, 0.4) is 0 Å². The maximum absolute atomic E-state index is 11.7. The Balaban J connectivity index is 0.000000226. The van der Waals surface area contributed by atoms with Gasteiger partial charge in [0.2, 0.25) is 6.10 Å². The van der Waals surface area contributed by atoms with Gasteiger partial charge in [-0.3, -0.25) is 4.79 Å². The molecule has 0 saturated carbocycles. The van der Waals surface area contributed by atoms with Crippen LogP contribution in [-0.4, -0.2) is 55.4 Å². The maximum atomic E-state index is 11.7. The van der Waals surface area contributed by atoms with Crippen LogP contribution < -0.4 is 14.2 Å². The summed E-state index contributed by atoms with van der Waals surface area (Å²) >= 11 is 35.4. The van der Waals surface area contributed by atoms with Crippen LogP contribution >= 0.6 is 69.6 Å². The number of ether oxygens (including phenoxy) is 7. The molecule has 3 atom stereocenters. The molecule has 0 aliphatic rings. The summed E-state index contributed by atoms with van der Waals surface area (Å²) in [6.07, 6.45) is -3.70. The molecule has 0 saturated heterocycles. The Bertz CT molecular complexity index is 2530. The van der Waals surface area contributed by atoms with Crippen molar-refractivity contribution >= 4 is 93.5 Å². The Hall–Kier alpha value is -5.74. The van der Waals surface area contributed by atoms with Gasteiger partial charge >= 0.3 is 23.9 Å². The van der Waals surface area contributed by atoms with E-state index in [9.17, 15) is 29.4 Å². The van der Waals surface area contributed by atoms with Crippen LogP contribution in [0, 0.1) is 0 Å². The monoisotopic (exact) mass is 1060 g/mol. The first kappa shape index (κ1) is 55.9. The summed E-state index contributed by atoms with van der Waals surface area (Å²) in [5, 5.41) is 22.3. The normalized spacial score (nSPS) is 11.7. The minimum Gasteiger partial charge on any atom is -0.489 e. The van der Waals surface area contributed by atoms with Crippen molar-refractivity contribution in [1.29, 1.82) is 0 Å². The van der Waals surface area contributed by atoms with Crippen LogP contribution in [0.4, 0.5) is 0 Å². The van der Waals surface area contributed by atoms with Crippen LogP contribution in [0.1, 0.15) is 58.6 Å². The Morgan fingerprint density at radius 1 is 0.420 bits per heavy atom. The number of benzene rings is 6. The smallest absolute Gasteiger partial charge is 0.351 e. The maximum Gasteiger partial charge on any atom is 0.351 e. The predicted octanol–water partition coefficient (Wildman–Crippen LogP) is 11.9. The van der Waals surface area contributed by atoms with Crippen molar-refractivity contribution in [2.75, 3.05) is 21.3 Å². The van der Waals surface area contributed by atoms with Gasteiger partial charge in [0.15, 0.2) is 12.2 Å². The number of aliphatic hydroxyl groups is 2. The third-order valence-electron chi connectivity index (χ3n) is 9.29. The number of methoxy groups -OCH3 is 3. The average Bonchev–Trinajstić information content (AvgIpc) is 3.36. The molecule has 0 radical (unpaired) electrons. The molecule has 0 fully saturated rings. The van der Waals surface area contributed by atoms with Crippen molar-refractivity contribution in [2.24, 2.45) is 0 Å². The zero-order valence-electron chi connectivity index (χ0n) is 37.1. The lowest BCUT2D eigenvalue weighted by Gasteiger charge is -2.15. The van der Waals surface area contributed by atoms with Crippen molar-refractivity contribution in [3.05, 3.63) is 191 Å². The van der Waals surface area contributed by atoms with Gasteiger partial charge in [0.25, 0.3) is 0 Å². The standard InChI is InChI=1S/C18H16Cl2O5.2C16H14Cl2O4/c1-11(21)25-17(18(22)23-2)13-4-6-14(7-5-13)24-10-12-3-8-15(19)16(20)9-12;2*1-21-16(20)15(19)11-3-5-12(6-4-11)22-9-10-2-7-13(17)14(18)8-10/h3-9,17H,10H2,1-2H3;2*2-8,15,19H,9H2,1H3/t17-;15-;/m01./s1. The lowest BCUT2D eigenvalue weighted by atomic mass is 10.1. The number of halogens is 6. The molecule has 2 N–H and O–H groups in total. The van der Waals surface area contributed by atoms with E-state index in [1.54, 1.807) is 109 Å². The molecule has 0 aliphatic carbocycles. The van der Waals surface area contributed by atoms with E-state index >= 15 is 0 Å². The second kappa shape index (κ2) is 28.1. The quantitative estimate of drug-likeness (QED) is 0.0693. The third-order valence-corrected chi connectivity index (χ3v) is 11.5. The molecule has 6 aromatic rings. The number of hydrogen-bond donors (Lipinski definition) is 2. The molecule has 0 aromatic heterocycles. The highest BCUT2D eigenvalue weighted by Crippen LogP contribution is 2.28. The highest BCUT2D eigenvalue weighted by Gasteiger charge is 2.25. The van der Waals surface area contributed by atoms with Crippen molar-refractivity contribution in [3.63, 3.8) is 0 Å². The number of hydrogen-bond acceptors (Lipinski definition) is 13. The lowest BCUT2D eigenvalue weighted by molar-refractivity contribution is -0.165. The Kier molecular flexibility index (Phi) is 22.7. The van der Waals surface area contributed by atoms with Gasteiger partial charge in [0.05, 0.1) is 51.5 Å². The SMILES string of the molecule is COC(=O)C(O)c1ccc(OCc2ccc(Cl)c(Cl)c2)cc1.COC(=O)[C@@H](OC(C)=O)c1ccc(OCc2ccc(Cl)c(Cl)c2)cc1.COC(=O)[C@H](O)c1ccc(OCc2ccc(Cl)c(Cl)c2)cc1. The van der Waals surface area contributed by atoms with Crippen LogP contribution in [0.5, 0.6) is 17.2 Å². The van der Waals surface area contributed by atoms with Crippen molar-refractivity contribution < 1.29 is 62.5 Å². The van der Waals surface area contributed by atoms with Crippen LogP contribution in [0.15, 0.2) is 127 Å². The third kappa shape index (κ3) is 17.9. The van der Waals surface area contributed by atoms with Crippen molar-refractivity contribution in [2.45, 2.75) is 45.1 Å². The molecule has 13 nitrogen and oxygen atoms in total. The Morgan fingerprint density at radius 3 is 0.971 bits per heavy atom. The molecule has 6 rings (SSSR count). The minimum absolute atomic E-state index is 0.306. The molecule has 0 bridgehead atoms. The van der Waals surface area contributed by atoms with Crippen molar-refractivity contribution in [1.82, 2.24) is 0 Å². The zero-order chi connectivity index (χ0) is 50.6. The fraction of sp³-hybridized carbons (Fsp3) is 0.200. The second-order valence-corrected chi connectivity index (χ2v) is 16.6. The van der Waals surface area contributed by atoms with Crippen LogP contribution in [0.2, 0.25) is 30.1 Å². The minimum atomic E-state index is -1.30. The van der Waals surface area contributed by atoms with Crippen LogP contribution in [-0.2, 0) is 57.9 Å². The van der Waals surface area contributed by atoms with E-state index in [0.29, 0.717) is 83.9 Å². The van der Waals surface area contributed by atoms with E-state index in [4.69, 9.17) is 88.6 Å². The number of carbonyl (C=O) groups is 4. The highest BCUT2D eigenvalue weighted by atomic mass is 35.5. The van der Waals surface area contributed by atoms with E-state index in [1.807, 2.05) is 18.2 Å². The molecular formula is C50H44Cl6O13. The first-order valence-electron chi connectivity index (χ1n) is 20.2. The number of rotatable bonds is 16. The number of aliphatic hydroxyl groups excluding tert-OH is 2. The van der Waals surface area contributed by atoms with Gasteiger partial charge in [0.1, 0.15) is 37.1 Å². The second-order valence-electron chi connectivity index (χ2n) is 14.2. The van der Waals surface area contributed by atoms with Crippen LogP contribution in [0.25, 0.3) is 0 Å². The number of carbonyl (C=O) groups excluding carboxylic acids is 4. The van der Waals surface area contributed by atoms with Gasteiger partial charge in [-0.25, -0.2) is 14.4 Å².